The third-order valence-electron chi connectivity index (χ3n) is 3.24. The zero-order chi connectivity index (χ0) is 13.7. The second-order valence-electron chi connectivity index (χ2n) is 4.55. The minimum Gasteiger partial charge on any atom is -0.493 e. The van der Waals surface area contributed by atoms with Gasteiger partial charge in [0.15, 0.2) is 11.5 Å². The SMILES string of the molecule is COc1ccc(NC2CCSC2C)cc1OCCO. The van der Waals surface area contributed by atoms with Crippen molar-refractivity contribution in [3.8, 4) is 11.5 Å². The van der Waals surface area contributed by atoms with Crippen LogP contribution in [0.4, 0.5) is 5.69 Å². The Balaban J connectivity index is 2.08. The van der Waals surface area contributed by atoms with Crippen LogP contribution in [-0.2, 0) is 0 Å². The van der Waals surface area contributed by atoms with Gasteiger partial charge in [0.2, 0.25) is 0 Å². The highest BCUT2D eigenvalue weighted by atomic mass is 32.2. The molecular weight excluding hydrogens is 262 g/mol. The summed E-state index contributed by atoms with van der Waals surface area (Å²) >= 11 is 2.00. The van der Waals surface area contributed by atoms with Crippen LogP contribution < -0.4 is 14.8 Å². The van der Waals surface area contributed by atoms with Gasteiger partial charge in [0.1, 0.15) is 6.61 Å². The highest BCUT2D eigenvalue weighted by Gasteiger charge is 2.23. The Kier molecular flexibility index (Phi) is 5.22. The molecule has 1 fully saturated rings. The third kappa shape index (κ3) is 3.70. The molecule has 1 aliphatic heterocycles. The lowest BCUT2D eigenvalue weighted by atomic mass is 10.1. The van der Waals surface area contributed by atoms with Crippen molar-refractivity contribution in [2.24, 2.45) is 0 Å². The number of anilines is 1. The molecule has 0 radical (unpaired) electrons. The van der Waals surface area contributed by atoms with E-state index in [1.165, 1.54) is 12.2 Å². The van der Waals surface area contributed by atoms with E-state index in [4.69, 9.17) is 14.6 Å². The second kappa shape index (κ2) is 6.91. The quantitative estimate of drug-likeness (QED) is 0.839. The first kappa shape index (κ1) is 14.3. The summed E-state index contributed by atoms with van der Waals surface area (Å²) in [4.78, 5) is 0. The van der Waals surface area contributed by atoms with Crippen LogP contribution in [0, 0.1) is 0 Å². The molecule has 106 valence electrons. The molecule has 1 aromatic carbocycles. The van der Waals surface area contributed by atoms with Crippen molar-refractivity contribution in [2.75, 3.05) is 31.4 Å². The van der Waals surface area contributed by atoms with E-state index in [0.29, 0.717) is 22.8 Å². The van der Waals surface area contributed by atoms with E-state index >= 15 is 0 Å². The van der Waals surface area contributed by atoms with Gasteiger partial charge in [-0.25, -0.2) is 0 Å². The Morgan fingerprint density at radius 1 is 1.42 bits per heavy atom. The van der Waals surface area contributed by atoms with Crippen LogP contribution >= 0.6 is 11.8 Å². The van der Waals surface area contributed by atoms with Gasteiger partial charge in [0.25, 0.3) is 0 Å². The van der Waals surface area contributed by atoms with E-state index in [1.807, 2.05) is 30.0 Å². The van der Waals surface area contributed by atoms with Crippen molar-refractivity contribution < 1.29 is 14.6 Å². The van der Waals surface area contributed by atoms with Gasteiger partial charge in [-0.2, -0.15) is 11.8 Å². The van der Waals surface area contributed by atoms with Crippen molar-refractivity contribution in [3.05, 3.63) is 18.2 Å². The fraction of sp³-hybridized carbons (Fsp3) is 0.571. The van der Waals surface area contributed by atoms with Crippen molar-refractivity contribution >= 4 is 17.4 Å². The number of benzene rings is 1. The predicted octanol–water partition coefficient (Wildman–Crippen LogP) is 2.37. The Bertz CT molecular complexity index is 414. The Hall–Kier alpha value is -1.07. The fourth-order valence-electron chi connectivity index (χ4n) is 2.17. The lowest BCUT2D eigenvalue weighted by Crippen LogP contribution is -2.24. The van der Waals surface area contributed by atoms with Gasteiger partial charge in [0, 0.05) is 23.0 Å². The molecular formula is C14H21NO3S. The lowest BCUT2D eigenvalue weighted by Gasteiger charge is -2.19. The van der Waals surface area contributed by atoms with Crippen molar-refractivity contribution in [1.82, 2.24) is 0 Å². The minimum absolute atomic E-state index is 0.00287. The van der Waals surface area contributed by atoms with Gasteiger partial charge in [-0.3, -0.25) is 0 Å². The fourth-order valence-corrected chi connectivity index (χ4v) is 3.37. The van der Waals surface area contributed by atoms with Gasteiger partial charge >= 0.3 is 0 Å². The van der Waals surface area contributed by atoms with Crippen LogP contribution in [-0.4, -0.2) is 42.5 Å². The van der Waals surface area contributed by atoms with Crippen LogP contribution in [0.5, 0.6) is 11.5 Å². The molecule has 1 saturated heterocycles. The summed E-state index contributed by atoms with van der Waals surface area (Å²) < 4.78 is 10.7. The van der Waals surface area contributed by atoms with Crippen molar-refractivity contribution in [1.29, 1.82) is 0 Å². The summed E-state index contributed by atoms with van der Waals surface area (Å²) in [6, 6.07) is 6.33. The molecule has 0 saturated carbocycles. The highest BCUT2D eigenvalue weighted by Crippen LogP contribution is 2.33. The van der Waals surface area contributed by atoms with E-state index < -0.39 is 0 Å². The molecule has 0 amide bonds. The number of hydrogen-bond donors (Lipinski definition) is 2. The molecule has 5 heteroatoms. The van der Waals surface area contributed by atoms with Gasteiger partial charge < -0.3 is 19.9 Å². The lowest BCUT2D eigenvalue weighted by molar-refractivity contribution is 0.196. The van der Waals surface area contributed by atoms with E-state index in [-0.39, 0.29) is 13.2 Å². The Labute approximate surface area is 118 Å². The maximum absolute atomic E-state index is 8.84. The van der Waals surface area contributed by atoms with E-state index in [9.17, 15) is 0 Å². The average molecular weight is 283 g/mol. The van der Waals surface area contributed by atoms with Gasteiger partial charge in [-0.1, -0.05) is 6.92 Å². The molecule has 2 atom stereocenters. The molecule has 0 bridgehead atoms. The monoisotopic (exact) mass is 283 g/mol. The summed E-state index contributed by atoms with van der Waals surface area (Å²) in [6.45, 7) is 2.52. The Morgan fingerprint density at radius 2 is 2.26 bits per heavy atom. The first-order valence-electron chi connectivity index (χ1n) is 6.54. The maximum atomic E-state index is 8.84. The average Bonchev–Trinajstić information content (AvgIpc) is 2.82. The molecule has 1 aromatic rings. The van der Waals surface area contributed by atoms with Crippen LogP contribution in [0.3, 0.4) is 0 Å². The molecule has 2 N–H and O–H groups in total. The third-order valence-corrected chi connectivity index (χ3v) is 4.57. The smallest absolute Gasteiger partial charge is 0.163 e. The number of aliphatic hydroxyl groups excluding tert-OH is 1. The number of thioether (sulfide) groups is 1. The number of hydrogen-bond acceptors (Lipinski definition) is 5. The number of methoxy groups -OCH3 is 1. The molecule has 0 aliphatic carbocycles. The Morgan fingerprint density at radius 3 is 2.89 bits per heavy atom. The largest absolute Gasteiger partial charge is 0.493 e. The van der Waals surface area contributed by atoms with Gasteiger partial charge in [-0.15, -0.1) is 0 Å². The number of ether oxygens (including phenoxy) is 2. The number of aliphatic hydroxyl groups is 1. The van der Waals surface area contributed by atoms with Crippen LogP contribution in [0.2, 0.25) is 0 Å². The van der Waals surface area contributed by atoms with E-state index in [1.54, 1.807) is 7.11 Å². The second-order valence-corrected chi connectivity index (χ2v) is 6.04. The highest BCUT2D eigenvalue weighted by molar-refractivity contribution is 8.00. The molecule has 1 heterocycles. The standard InChI is InChI=1S/C14H21NO3S/c1-10-12(5-8-19-10)15-11-3-4-13(17-2)14(9-11)18-7-6-16/h3-4,9-10,12,15-16H,5-8H2,1-2H3. The summed E-state index contributed by atoms with van der Waals surface area (Å²) in [5, 5.41) is 13.0. The summed E-state index contributed by atoms with van der Waals surface area (Å²) in [7, 11) is 1.62. The van der Waals surface area contributed by atoms with E-state index in [0.717, 1.165) is 5.69 Å². The minimum atomic E-state index is -0.00287. The number of rotatable bonds is 6. The topological polar surface area (TPSA) is 50.7 Å². The molecule has 0 aromatic heterocycles. The first-order chi connectivity index (χ1) is 9.24. The van der Waals surface area contributed by atoms with E-state index in [2.05, 4.69) is 12.2 Å². The van der Waals surface area contributed by atoms with Crippen molar-refractivity contribution in [2.45, 2.75) is 24.6 Å². The molecule has 1 aliphatic rings. The summed E-state index contributed by atoms with van der Waals surface area (Å²) in [6.07, 6.45) is 1.19. The van der Waals surface area contributed by atoms with Gasteiger partial charge in [-0.05, 0) is 24.3 Å². The summed E-state index contributed by atoms with van der Waals surface area (Å²) in [5.74, 6) is 2.57. The maximum Gasteiger partial charge on any atom is 0.163 e. The molecule has 0 spiro atoms. The zero-order valence-corrected chi connectivity index (χ0v) is 12.2. The predicted molar refractivity (Wildman–Crippen MR) is 79.5 cm³/mol. The first-order valence-corrected chi connectivity index (χ1v) is 7.59. The van der Waals surface area contributed by atoms with Crippen LogP contribution in [0.25, 0.3) is 0 Å². The normalized spacial score (nSPS) is 22.3. The molecule has 19 heavy (non-hydrogen) atoms. The zero-order valence-electron chi connectivity index (χ0n) is 11.4. The molecule has 2 unspecified atom stereocenters. The van der Waals surface area contributed by atoms with Crippen LogP contribution in [0.15, 0.2) is 18.2 Å². The number of nitrogens with one attached hydrogen (secondary N) is 1. The molecule has 4 nitrogen and oxygen atoms in total. The summed E-state index contributed by atoms with van der Waals surface area (Å²) in [5.41, 5.74) is 1.04. The van der Waals surface area contributed by atoms with Crippen molar-refractivity contribution in [3.63, 3.8) is 0 Å². The van der Waals surface area contributed by atoms with Gasteiger partial charge in [0.05, 0.1) is 13.7 Å². The molecule has 2 rings (SSSR count). The van der Waals surface area contributed by atoms with Crippen LogP contribution in [0.1, 0.15) is 13.3 Å².